The summed E-state index contributed by atoms with van der Waals surface area (Å²) in [5, 5.41) is 21.4. The van der Waals surface area contributed by atoms with Crippen LogP contribution in [0.15, 0.2) is 42.5 Å². The molecule has 0 fully saturated rings. The Morgan fingerprint density at radius 2 is 1.95 bits per heavy atom. The Balaban J connectivity index is 0.00000220. The molecule has 0 saturated carbocycles. The van der Waals surface area contributed by atoms with Crippen LogP contribution in [-0.4, -0.2) is 23.4 Å². The molecule has 0 bridgehead atoms. The third-order valence-corrected chi connectivity index (χ3v) is 2.75. The molecule has 0 unspecified atom stereocenters. The highest BCUT2D eigenvalue weighted by molar-refractivity contribution is 5.85. The molecule has 5 N–H and O–H groups in total. The first kappa shape index (κ1) is 16.9. The van der Waals surface area contributed by atoms with E-state index >= 15 is 0 Å². The van der Waals surface area contributed by atoms with Crippen molar-refractivity contribution in [2.75, 3.05) is 24.3 Å². The molecular weight excluding hydrogens is 292 g/mol. The van der Waals surface area contributed by atoms with E-state index in [2.05, 4.69) is 5.32 Å². The number of phenolic OH excluding ortho intramolecular Hbond substituents is 1. The number of benzene rings is 2. The first-order valence-electron chi connectivity index (χ1n) is 6.34. The number of nitrogens with two attached hydrogens (primary N) is 1. The first-order valence-corrected chi connectivity index (χ1v) is 6.34. The van der Waals surface area contributed by atoms with E-state index in [0.29, 0.717) is 18.0 Å². The van der Waals surface area contributed by atoms with Crippen molar-refractivity contribution in [3.05, 3.63) is 48.0 Å². The quantitative estimate of drug-likeness (QED) is 0.615. The predicted molar refractivity (Wildman–Crippen MR) is 86.1 cm³/mol. The van der Waals surface area contributed by atoms with Gasteiger partial charge in [0.2, 0.25) is 0 Å². The summed E-state index contributed by atoms with van der Waals surface area (Å²) in [6.07, 6.45) is 0. The molecule has 114 valence electrons. The fourth-order valence-corrected chi connectivity index (χ4v) is 1.83. The molecular formula is C15H19ClN2O3. The van der Waals surface area contributed by atoms with Gasteiger partial charge in [-0.25, -0.2) is 0 Å². The Morgan fingerprint density at radius 1 is 1.14 bits per heavy atom. The maximum absolute atomic E-state index is 9.42. The van der Waals surface area contributed by atoms with Crippen LogP contribution in [0.25, 0.3) is 0 Å². The molecule has 21 heavy (non-hydrogen) atoms. The number of hydrogen-bond acceptors (Lipinski definition) is 5. The van der Waals surface area contributed by atoms with E-state index in [-0.39, 0.29) is 31.4 Å². The van der Waals surface area contributed by atoms with Crippen molar-refractivity contribution in [2.24, 2.45) is 0 Å². The number of phenols is 1. The Bertz CT molecular complexity index is 579. The highest BCUT2D eigenvalue weighted by atomic mass is 35.5. The Kier molecular flexibility index (Phi) is 6.65. The Hall–Kier alpha value is -2.11. The highest BCUT2D eigenvalue weighted by Crippen LogP contribution is 2.27. The van der Waals surface area contributed by atoms with E-state index in [9.17, 15) is 5.11 Å². The second-order valence-corrected chi connectivity index (χ2v) is 4.35. The van der Waals surface area contributed by atoms with Crippen LogP contribution >= 0.6 is 12.4 Å². The van der Waals surface area contributed by atoms with E-state index in [0.717, 1.165) is 11.3 Å². The molecule has 0 aromatic heterocycles. The second kappa shape index (κ2) is 8.24. The normalized spacial score (nSPS) is 9.76. The fourth-order valence-electron chi connectivity index (χ4n) is 1.83. The Labute approximate surface area is 129 Å². The second-order valence-electron chi connectivity index (χ2n) is 4.35. The minimum absolute atomic E-state index is 0. The first-order chi connectivity index (χ1) is 9.69. The van der Waals surface area contributed by atoms with Crippen LogP contribution in [0.4, 0.5) is 11.4 Å². The van der Waals surface area contributed by atoms with Crippen molar-refractivity contribution in [3.8, 4) is 11.5 Å². The van der Waals surface area contributed by atoms with Crippen LogP contribution in [-0.2, 0) is 6.54 Å². The highest BCUT2D eigenvalue weighted by Gasteiger charge is 2.04. The van der Waals surface area contributed by atoms with E-state index < -0.39 is 0 Å². The zero-order chi connectivity index (χ0) is 14.4. The van der Waals surface area contributed by atoms with Gasteiger partial charge < -0.3 is 26.0 Å². The van der Waals surface area contributed by atoms with E-state index in [1.807, 2.05) is 6.07 Å². The number of anilines is 2. The van der Waals surface area contributed by atoms with Gasteiger partial charge in [-0.05, 0) is 35.9 Å². The van der Waals surface area contributed by atoms with E-state index in [1.54, 1.807) is 36.4 Å². The molecule has 0 heterocycles. The lowest BCUT2D eigenvalue weighted by Crippen LogP contribution is -2.06. The van der Waals surface area contributed by atoms with Gasteiger partial charge in [0, 0.05) is 12.2 Å². The fraction of sp³-hybridized carbons (Fsp3) is 0.200. The average molecular weight is 311 g/mol. The molecule has 0 atom stereocenters. The summed E-state index contributed by atoms with van der Waals surface area (Å²) < 4.78 is 5.44. The van der Waals surface area contributed by atoms with Gasteiger partial charge >= 0.3 is 0 Å². The van der Waals surface area contributed by atoms with Crippen LogP contribution in [0, 0.1) is 0 Å². The zero-order valence-corrected chi connectivity index (χ0v) is 12.3. The number of ether oxygens (including phenoxy) is 1. The topological polar surface area (TPSA) is 87.7 Å². The Morgan fingerprint density at radius 3 is 2.67 bits per heavy atom. The largest absolute Gasteiger partial charge is 0.508 e. The summed E-state index contributed by atoms with van der Waals surface area (Å²) in [7, 11) is 0. The van der Waals surface area contributed by atoms with Gasteiger partial charge in [0.15, 0.2) is 0 Å². The summed E-state index contributed by atoms with van der Waals surface area (Å²) >= 11 is 0. The van der Waals surface area contributed by atoms with Gasteiger partial charge in [0.05, 0.1) is 12.3 Å². The number of aliphatic hydroxyl groups excluding tert-OH is 1. The number of nitrogens with one attached hydrogen (secondary N) is 1. The van der Waals surface area contributed by atoms with Crippen molar-refractivity contribution >= 4 is 23.8 Å². The summed E-state index contributed by atoms with van der Waals surface area (Å²) in [4.78, 5) is 0. The SMILES string of the molecule is Cl.Nc1ccc(OCCO)c(NCc2cccc(O)c2)c1. The van der Waals surface area contributed by atoms with Gasteiger partial charge in [-0.3, -0.25) is 0 Å². The number of aliphatic hydroxyl groups is 1. The number of rotatable bonds is 6. The molecule has 5 nitrogen and oxygen atoms in total. The summed E-state index contributed by atoms with van der Waals surface area (Å²) in [6, 6.07) is 12.3. The van der Waals surface area contributed by atoms with Crippen molar-refractivity contribution in [1.29, 1.82) is 0 Å². The maximum atomic E-state index is 9.42. The number of aromatic hydroxyl groups is 1. The maximum Gasteiger partial charge on any atom is 0.142 e. The van der Waals surface area contributed by atoms with Crippen molar-refractivity contribution in [1.82, 2.24) is 0 Å². The minimum Gasteiger partial charge on any atom is -0.508 e. The smallest absolute Gasteiger partial charge is 0.142 e. The van der Waals surface area contributed by atoms with Crippen LogP contribution in [0.1, 0.15) is 5.56 Å². The molecule has 0 aliphatic heterocycles. The molecule has 2 aromatic rings. The minimum atomic E-state index is -0.0453. The molecule has 0 aliphatic rings. The molecule has 0 radical (unpaired) electrons. The average Bonchev–Trinajstić information content (AvgIpc) is 2.44. The summed E-state index contributed by atoms with van der Waals surface area (Å²) in [6.45, 7) is 0.717. The molecule has 2 rings (SSSR count). The van der Waals surface area contributed by atoms with Crippen LogP contribution in [0.5, 0.6) is 11.5 Å². The van der Waals surface area contributed by atoms with Gasteiger partial charge in [0.1, 0.15) is 18.1 Å². The van der Waals surface area contributed by atoms with Gasteiger partial charge in [-0.15, -0.1) is 12.4 Å². The molecule has 2 aromatic carbocycles. The van der Waals surface area contributed by atoms with Gasteiger partial charge in [0.25, 0.3) is 0 Å². The van der Waals surface area contributed by atoms with E-state index in [1.165, 1.54) is 0 Å². The molecule has 6 heteroatoms. The molecule has 0 aliphatic carbocycles. The number of nitrogen functional groups attached to an aromatic ring is 1. The summed E-state index contributed by atoms with van der Waals surface area (Å²) in [5.41, 5.74) is 8.09. The van der Waals surface area contributed by atoms with Crippen LogP contribution < -0.4 is 15.8 Å². The van der Waals surface area contributed by atoms with Gasteiger partial charge in [-0.1, -0.05) is 12.1 Å². The molecule has 0 amide bonds. The lowest BCUT2D eigenvalue weighted by atomic mass is 10.2. The van der Waals surface area contributed by atoms with Crippen molar-refractivity contribution in [2.45, 2.75) is 6.54 Å². The van der Waals surface area contributed by atoms with E-state index in [4.69, 9.17) is 15.6 Å². The number of hydrogen-bond donors (Lipinski definition) is 4. The lowest BCUT2D eigenvalue weighted by Gasteiger charge is -2.13. The zero-order valence-electron chi connectivity index (χ0n) is 11.5. The molecule has 0 saturated heterocycles. The predicted octanol–water partition coefficient (Wildman–Crippen LogP) is 2.38. The lowest BCUT2D eigenvalue weighted by molar-refractivity contribution is 0.202. The van der Waals surface area contributed by atoms with Crippen LogP contribution in [0.3, 0.4) is 0 Å². The third kappa shape index (κ3) is 5.06. The van der Waals surface area contributed by atoms with Gasteiger partial charge in [-0.2, -0.15) is 0 Å². The van der Waals surface area contributed by atoms with Crippen molar-refractivity contribution in [3.63, 3.8) is 0 Å². The molecule has 0 spiro atoms. The summed E-state index contributed by atoms with van der Waals surface area (Å²) in [5.74, 6) is 0.863. The number of halogens is 1. The standard InChI is InChI=1S/C15H18N2O3.ClH/c16-12-4-5-15(20-7-6-18)14(9-12)17-10-11-2-1-3-13(19)8-11;/h1-5,8-9,17-19H,6-7,10,16H2;1H. The monoisotopic (exact) mass is 310 g/mol. The van der Waals surface area contributed by atoms with Crippen molar-refractivity contribution < 1.29 is 14.9 Å². The van der Waals surface area contributed by atoms with Crippen LogP contribution in [0.2, 0.25) is 0 Å². The third-order valence-electron chi connectivity index (χ3n) is 2.75.